The first kappa shape index (κ1) is 18.9. The normalized spacial score (nSPS) is 18.5. The van der Waals surface area contributed by atoms with Crippen LogP contribution in [0.4, 0.5) is 0 Å². The van der Waals surface area contributed by atoms with Gasteiger partial charge in [0.1, 0.15) is 5.75 Å². The number of rotatable bonds is 6. The molecule has 0 atom stereocenters. The quantitative estimate of drug-likeness (QED) is 0.760. The summed E-state index contributed by atoms with van der Waals surface area (Å²) >= 11 is 0. The molecule has 4 rings (SSSR count). The number of nitrogens with zero attached hydrogens (tertiary/aromatic N) is 3. The maximum atomic E-state index is 12.5. The number of hydrogen-bond acceptors (Lipinski definition) is 6. The van der Waals surface area contributed by atoms with E-state index in [4.69, 9.17) is 14.0 Å². The summed E-state index contributed by atoms with van der Waals surface area (Å²) < 4.78 is 16.5. The highest BCUT2D eigenvalue weighted by Gasteiger charge is 2.39. The van der Waals surface area contributed by atoms with Crippen LogP contribution in [0.15, 0.2) is 28.8 Å². The summed E-state index contributed by atoms with van der Waals surface area (Å²) in [7, 11) is 1.63. The van der Waals surface area contributed by atoms with Gasteiger partial charge in [-0.2, -0.15) is 4.98 Å². The number of hydrogen-bond donors (Lipinski definition) is 0. The third-order valence-electron chi connectivity index (χ3n) is 5.79. The molecule has 2 saturated heterocycles. The van der Waals surface area contributed by atoms with Gasteiger partial charge in [-0.3, -0.25) is 4.79 Å². The van der Waals surface area contributed by atoms with Crippen LogP contribution < -0.4 is 4.74 Å². The van der Waals surface area contributed by atoms with Crippen molar-refractivity contribution in [3.63, 3.8) is 0 Å². The average molecular weight is 385 g/mol. The summed E-state index contributed by atoms with van der Waals surface area (Å²) in [5, 5.41) is 4.04. The van der Waals surface area contributed by atoms with Crippen molar-refractivity contribution in [3.8, 4) is 17.1 Å². The monoisotopic (exact) mass is 385 g/mol. The molecule has 2 aromatic rings. The Hall–Kier alpha value is -2.41. The topological polar surface area (TPSA) is 77.7 Å². The maximum Gasteiger partial charge on any atom is 0.226 e. The summed E-state index contributed by atoms with van der Waals surface area (Å²) in [6.07, 6.45) is 6.03. The number of ether oxygens (including phenoxy) is 2. The van der Waals surface area contributed by atoms with Crippen molar-refractivity contribution in [2.75, 3.05) is 26.8 Å². The summed E-state index contributed by atoms with van der Waals surface area (Å²) in [6.45, 7) is 2.48. The van der Waals surface area contributed by atoms with E-state index < -0.39 is 0 Å². The van der Waals surface area contributed by atoms with Crippen LogP contribution in [0.25, 0.3) is 11.4 Å². The molecule has 3 heterocycles. The second-order valence-electron chi connectivity index (χ2n) is 7.61. The van der Waals surface area contributed by atoms with E-state index >= 15 is 0 Å². The van der Waals surface area contributed by atoms with E-state index in [-0.39, 0.29) is 11.5 Å². The molecule has 7 nitrogen and oxygen atoms in total. The zero-order chi connectivity index (χ0) is 19.4. The first-order valence-corrected chi connectivity index (χ1v) is 10.1. The van der Waals surface area contributed by atoms with Crippen LogP contribution in [0.5, 0.6) is 5.75 Å². The van der Waals surface area contributed by atoms with Gasteiger partial charge < -0.3 is 18.9 Å². The number of methoxy groups -OCH3 is 1. The highest BCUT2D eigenvalue weighted by molar-refractivity contribution is 5.76. The lowest BCUT2D eigenvalue weighted by atomic mass is 9.88. The van der Waals surface area contributed by atoms with Gasteiger partial charge in [0.25, 0.3) is 0 Å². The molecule has 1 spiro atoms. The lowest BCUT2D eigenvalue weighted by Gasteiger charge is -2.38. The predicted octanol–water partition coefficient (Wildman–Crippen LogP) is 3.24. The van der Waals surface area contributed by atoms with Crippen molar-refractivity contribution in [1.82, 2.24) is 15.0 Å². The number of aryl methyl sites for hydroxylation is 1. The number of benzene rings is 1. The maximum absolute atomic E-state index is 12.5. The van der Waals surface area contributed by atoms with Crippen LogP contribution >= 0.6 is 0 Å². The number of carbonyl (C=O) groups excluding carboxylic acids is 1. The van der Waals surface area contributed by atoms with Crippen LogP contribution in [-0.4, -0.2) is 53.4 Å². The van der Waals surface area contributed by atoms with Crippen molar-refractivity contribution < 1.29 is 18.8 Å². The summed E-state index contributed by atoms with van der Waals surface area (Å²) in [5.41, 5.74) is 0.902. The highest BCUT2D eigenvalue weighted by Crippen LogP contribution is 2.35. The molecule has 0 unspecified atom stereocenters. The van der Waals surface area contributed by atoms with Gasteiger partial charge in [0.05, 0.1) is 12.7 Å². The van der Waals surface area contributed by atoms with Crippen LogP contribution in [0, 0.1) is 0 Å². The number of aromatic nitrogens is 2. The van der Waals surface area contributed by atoms with E-state index in [1.165, 1.54) is 0 Å². The summed E-state index contributed by atoms with van der Waals surface area (Å²) in [5.74, 6) is 2.06. The van der Waals surface area contributed by atoms with Crippen LogP contribution in [0.1, 0.15) is 44.4 Å². The highest BCUT2D eigenvalue weighted by atomic mass is 16.5. The summed E-state index contributed by atoms with van der Waals surface area (Å²) in [6, 6.07) is 7.55. The number of amides is 1. The SMILES string of the molecule is COc1cccc(-c2noc(CCCC(=O)N3CCC4(CCCO4)CC3)n2)c1. The minimum Gasteiger partial charge on any atom is -0.497 e. The van der Waals surface area contributed by atoms with Crippen LogP contribution in [0.2, 0.25) is 0 Å². The summed E-state index contributed by atoms with van der Waals surface area (Å²) in [4.78, 5) is 18.9. The zero-order valence-corrected chi connectivity index (χ0v) is 16.4. The molecular weight excluding hydrogens is 358 g/mol. The van der Waals surface area contributed by atoms with E-state index in [1.807, 2.05) is 29.2 Å². The lowest BCUT2D eigenvalue weighted by Crippen LogP contribution is -2.46. The van der Waals surface area contributed by atoms with Gasteiger partial charge in [-0.15, -0.1) is 0 Å². The lowest BCUT2D eigenvalue weighted by molar-refractivity contribution is -0.136. The Labute approximate surface area is 165 Å². The van der Waals surface area contributed by atoms with Gasteiger partial charge in [0, 0.05) is 38.1 Å². The molecule has 2 aliphatic heterocycles. The van der Waals surface area contributed by atoms with Gasteiger partial charge >= 0.3 is 0 Å². The minimum absolute atomic E-state index is 0.0526. The fraction of sp³-hybridized carbons (Fsp3) is 0.571. The van der Waals surface area contributed by atoms with E-state index in [9.17, 15) is 4.79 Å². The molecule has 1 aromatic carbocycles. The third kappa shape index (κ3) is 4.19. The molecule has 2 fully saturated rings. The molecule has 150 valence electrons. The van der Waals surface area contributed by atoms with Gasteiger partial charge in [-0.1, -0.05) is 17.3 Å². The molecule has 0 bridgehead atoms. The Kier molecular flexibility index (Phi) is 5.62. The van der Waals surface area contributed by atoms with Crippen LogP contribution in [0.3, 0.4) is 0 Å². The van der Waals surface area contributed by atoms with Gasteiger partial charge in [0.15, 0.2) is 0 Å². The van der Waals surface area contributed by atoms with Crippen molar-refractivity contribution in [3.05, 3.63) is 30.2 Å². The van der Waals surface area contributed by atoms with Crippen molar-refractivity contribution >= 4 is 5.91 Å². The Morgan fingerprint density at radius 3 is 2.89 bits per heavy atom. The third-order valence-corrected chi connectivity index (χ3v) is 5.79. The molecule has 0 aliphatic carbocycles. The van der Waals surface area contributed by atoms with Gasteiger partial charge in [0.2, 0.25) is 17.6 Å². The number of piperidine rings is 1. The van der Waals surface area contributed by atoms with Gasteiger partial charge in [-0.25, -0.2) is 0 Å². The van der Waals surface area contributed by atoms with E-state index in [0.717, 1.165) is 56.7 Å². The largest absolute Gasteiger partial charge is 0.497 e. The number of likely N-dealkylation sites (tertiary alicyclic amines) is 1. The predicted molar refractivity (Wildman–Crippen MR) is 103 cm³/mol. The van der Waals surface area contributed by atoms with Crippen molar-refractivity contribution in [2.24, 2.45) is 0 Å². The second kappa shape index (κ2) is 8.31. The zero-order valence-electron chi connectivity index (χ0n) is 16.4. The van der Waals surface area contributed by atoms with E-state index in [0.29, 0.717) is 31.0 Å². The second-order valence-corrected chi connectivity index (χ2v) is 7.61. The molecule has 1 aromatic heterocycles. The first-order chi connectivity index (χ1) is 13.7. The molecule has 0 radical (unpaired) electrons. The first-order valence-electron chi connectivity index (χ1n) is 10.1. The molecule has 1 amide bonds. The Morgan fingerprint density at radius 2 is 2.14 bits per heavy atom. The van der Waals surface area contributed by atoms with Crippen LogP contribution in [-0.2, 0) is 16.0 Å². The molecular formula is C21H27N3O4. The molecule has 2 aliphatic rings. The standard InChI is InChI=1S/C21H27N3O4/c1-26-17-6-2-5-16(15-17)20-22-18(28-23-20)7-3-8-19(25)24-12-10-21(11-13-24)9-4-14-27-21/h2,5-6,15H,3-4,7-14H2,1H3. The fourth-order valence-corrected chi connectivity index (χ4v) is 4.10. The molecule has 0 N–H and O–H groups in total. The van der Waals surface area contributed by atoms with E-state index in [2.05, 4.69) is 10.1 Å². The number of carbonyl (C=O) groups is 1. The van der Waals surface area contributed by atoms with Crippen molar-refractivity contribution in [1.29, 1.82) is 0 Å². The molecule has 0 saturated carbocycles. The van der Waals surface area contributed by atoms with Crippen molar-refractivity contribution in [2.45, 2.75) is 50.5 Å². The Bertz CT molecular complexity index is 803. The average Bonchev–Trinajstić information content (AvgIpc) is 3.39. The molecule has 28 heavy (non-hydrogen) atoms. The Balaban J connectivity index is 1.24. The fourth-order valence-electron chi connectivity index (χ4n) is 4.10. The Morgan fingerprint density at radius 1 is 1.29 bits per heavy atom. The minimum atomic E-state index is 0.0526. The smallest absolute Gasteiger partial charge is 0.226 e. The molecule has 7 heteroatoms. The van der Waals surface area contributed by atoms with Gasteiger partial charge in [-0.05, 0) is 44.2 Å². The van der Waals surface area contributed by atoms with E-state index in [1.54, 1.807) is 7.11 Å².